The first-order valence-electron chi connectivity index (χ1n) is 27.1. The molecule has 8 heterocycles. The highest BCUT2D eigenvalue weighted by atomic mass is 19.3. The van der Waals surface area contributed by atoms with Crippen molar-refractivity contribution >= 4 is 40.8 Å². The molecule has 22 heteroatoms. The third-order valence-corrected chi connectivity index (χ3v) is 15.5. The van der Waals surface area contributed by atoms with Gasteiger partial charge in [-0.15, -0.1) is 0 Å². The Hall–Kier alpha value is -6.49. The summed E-state index contributed by atoms with van der Waals surface area (Å²) < 4.78 is 58.8. The Bertz CT molecular complexity index is 2760. The van der Waals surface area contributed by atoms with Crippen LogP contribution in [0.15, 0.2) is 61.2 Å². The number of nitrogens with zero attached hydrogens (tertiary/aromatic N) is 12. The van der Waals surface area contributed by atoms with Gasteiger partial charge in [-0.1, -0.05) is 6.07 Å². The molecule has 5 aliphatic rings. The van der Waals surface area contributed by atoms with E-state index in [1.807, 2.05) is 18.2 Å². The van der Waals surface area contributed by atoms with Crippen LogP contribution in [0.25, 0.3) is 11.1 Å². The van der Waals surface area contributed by atoms with Crippen molar-refractivity contribution in [2.75, 3.05) is 139 Å². The van der Waals surface area contributed by atoms with E-state index in [0.29, 0.717) is 76.7 Å². The monoisotopic (exact) mass is 1050 g/mol. The van der Waals surface area contributed by atoms with E-state index in [9.17, 15) is 22.8 Å². The predicted octanol–water partition coefficient (Wildman–Crippen LogP) is 5.62. The highest BCUT2D eigenvalue weighted by Gasteiger charge is 2.35. The lowest BCUT2D eigenvalue weighted by molar-refractivity contribution is -0.122. The van der Waals surface area contributed by atoms with Gasteiger partial charge in [-0.25, -0.2) is 27.9 Å². The van der Waals surface area contributed by atoms with Crippen LogP contribution in [0, 0.1) is 5.82 Å². The summed E-state index contributed by atoms with van der Waals surface area (Å²) in [4.78, 5) is 48.0. The van der Waals surface area contributed by atoms with E-state index in [0.717, 1.165) is 143 Å². The van der Waals surface area contributed by atoms with Crippen LogP contribution in [0.4, 0.5) is 46.8 Å². The van der Waals surface area contributed by atoms with E-state index < -0.39 is 6.43 Å². The van der Waals surface area contributed by atoms with Crippen LogP contribution >= 0.6 is 0 Å². The van der Waals surface area contributed by atoms with E-state index in [1.54, 1.807) is 60.6 Å². The number of rotatable bonds is 19. The highest BCUT2D eigenvalue weighted by molar-refractivity contribution is 5.79. The third kappa shape index (κ3) is 12.7. The number of piperidine rings is 2. The van der Waals surface area contributed by atoms with Crippen molar-refractivity contribution in [1.82, 2.24) is 54.9 Å². The lowest BCUT2D eigenvalue weighted by Crippen LogP contribution is -2.47. The Kier molecular flexibility index (Phi) is 17.2. The van der Waals surface area contributed by atoms with Crippen molar-refractivity contribution in [1.29, 1.82) is 0 Å². The van der Waals surface area contributed by atoms with Gasteiger partial charge in [0.25, 0.3) is 6.43 Å². The lowest BCUT2D eigenvalue weighted by atomic mass is 9.92. The maximum absolute atomic E-state index is 14.8. The fraction of sp³-hybridized carbons (Fsp3) is 0.556. The number of fused-ring (bicyclic) bond motifs is 2. The van der Waals surface area contributed by atoms with Crippen LogP contribution < -0.4 is 30.7 Å². The third-order valence-electron chi connectivity index (χ3n) is 15.5. The highest BCUT2D eigenvalue weighted by Crippen LogP contribution is 2.44. The molecule has 10 rings (SSSR count). The minimum atomic E-state index is -2.68. The number of halogens is 3. The summed E-state index contributed by atoms with van der Waals surface area (Å²) in [5.41, 5.74) is 5.76. The molecule has 0 radical (unpaired) electrons. The predicted molar refractivity (Wildman–Crippen MR) is 285 cm³/mol. The number of piperazine rings is 1. The number of alkyl halides is 2. The standard InChI is InChI=1S/C54H72F3N15O4/c1-58-54(74)70-18-12-47-46(35-70)53(71-15-4-6-38-28-44(39-32-62-65(2)33-39)45(52(56)57)30-48(38)71)64-72(47)42-10-16-67(17-11-42)36-51(73)59-13-24-75-26-27-76-25-23-66-19-21-68(22-20-66)50-31-49(60-37-61-50)63-41-8-5-14-69(34-41)43-9-3-7-40(55)29-43/h3,7,9,28-33,37,41-42,52H,4-6,8,10-27,34-36H2,1-2H3,(H,58,74)(H,59,73)(H,60,61,63)/t41-/m1/s1. The van der Waals surface area contributed by atoms with Crippen LogP contribution in [0.1, 0.15) is 67.0 Å². The number of aryl methyl sites for hydroxylation is 2. The Balaban J connectivity index is 0.626. The first-order valence-corrected chi connectivity index (χ1v) is 27.1. The summed E-state index contributed by atoms with van der Waals surface area (Å²) in [5.74, 6) is 2.17. The molecule has 3 aromatic heterocycles. The summed E-state index contributed by atoms with van der Waals surface area (Å²) in [6, 6.07) is 12.5. The van der Waals surface area contributed by atoms with Crippen LogP contribution in [0.5, 0.6) is 0 Å². The van der Waals surface area contributed by atoms with Crippen molar-refractivity contribution in [3.05, 3.63) is 89.4 Å². The summed E-state index contributed by atoms with van der Waals surface area (Å²) in [5, 5.41) is 18.9. The molecule has 0 spiro atoms. The van der Waals surface area contributed by atoms with Gasteiger partial charge in [-0.3, -0.25) is 24.0 Å². The smallest absolute Gasteiger partial charge is 0.317 e. The number of urea groups is 1. The van der Waals surface area contributed by atoms with E-state index in [1.165, 1.54) is 6.07 Å². The first-order chi connectivity index (χ1) is 37.1. The largest absolute Gasteiger partial charge is 0.378 e. The maximum Gasteiger partial charge on any atom is 0.317 e. The average molecular weight is 1050 g/mol. The number of ether oxygens (including phenoxy) is 2. The minimum absolute atomic E-state index is 0.0418. The summed E-state index contributed by atoms with van der Waals surface area (Å²) in [7, 11) is 3.40. The number of aromatic nitrogens is 6. The van der Waals surface area contributed by atoms with Crippen molar-refractivity contribution in [2.45, 2.75) is 70.0 Å². The van der Waals surface area contributed by atoms with Crippen LogP contribution in [0.2, 0.25) is 0 Å². The molecule has 408 valence electrons. The van der Waals surface area contributed by atoms with Gasteiger partial charge in [0.05, 0.1) is 51.8 Å². The molecule has 19 nitrogen and oxygen atoms in total. The molecule has 0 aliphatic carbocycles. The van der Waals surface area contributed by atoms with Gasteiger partial charge in [0.1, 0.15) is 23.8 Å². The zero-order chi connectivity index (χ0) is 52.5. The second-order valence-electron chi connectivity index (χ2n) is 20.5. The van der Waals surface area contributed by atoms with Crippen molar-refractivity contribution in [3.8, 4) is 11.1 Å². The average Bonchev–Trinajstić information content (AvgIpc) is 4.09. The Morgan fingerprint density at radius 3 is 2.46 bits per heavy atom. The second-order valence-corrected chi connectivity index (χ2v) is 20.5. The molecular formula is C54H72F3N15O4. The van der Waals surface area contributed by atoms with Gasteiger partial charge in [0.15, 0.2) is 5.82 Å². The Labute approximate surface area is 442 Å². The summed E-state index contributed by atoms with van der Waals surface area (Å²) >= 11 is 0. The molecule has 76 heavy (non-hydrogen) atoms. The fourth-order valence-corrected chi connectivity index (χ4v) is 11.5. The Morgan fingerprint density at radius 1 is 0.855 bits per heavy atom. The van der Waals surface area contributed by atoms with Crippen LogP contribution in [-0.2, 0) is 40.7 Å². The number of carbonyl (C=O) groups excluding carboxylic acids is 2. The second kappa shape index (κ2) is 24.7. The van der Waals surface area contributed by atoms with Crippen molar-refractivity contribution in [3.63, 3.8) is 0 Å². The molecule has 0 saturated carbocycles. The quantitative estimate of drug-likeness (QED) is 0.0872. The minimum Gasteiger partial charge on any atom is -0.378 e. The van der Waals surface area contributed by atoms with Gasteiger partial charge in [-0.05, 0) is 80.0 Å². The van der Waals surface area contributed by atoms with Gasteiger partial charge in [0, 0.05) is 151 Å². The molecule has 3 fully saturated rings. The topological polar surface area (TPSA) is 170 Å². The molecule has 0 bridgehead atoms. The summed E-state index contributed by atoms with van der Waals surface area (Å²) in [6.07, 6.45) is 8.17. The van der Waals surface area contributed by atoms with Crippen molar-refractivity contribution < 1.29 is 32.2 Å². The number of likely N-dealkylation sites (tertiary alicyclic amines) is 1. The zero-order valence-electron chi connectivity index (χ0n) is 43.8. The first kappa shape index (κ1) is 52.9. The molecule has 3 N–H and O–H groups in total. The molecule has 5 aromatic rings. The van der Waals surface area contributed by atoms with Gasteiger partial charge >= 0.3 is 6.03 Å². The summed E-state index contributed by atoms with van der Waals surface area (Å²) in [6.45, 7) is 11.7. The van der Waals surface area contributed by atoms with Crippen LogP contribution in [-0.4, -0.2) is 181 Å². The number of hydrogen-bond acceptors (Lipinski definition) is 14. The number of hydrogen-bond donors (Lipinski definition) is 3. The maximum atomic E-state index is 14.8. The lowest BCUT2D eigenvalue weighted by Gasteiger charge is -2.36. The van der Waals surface area contributed by atoms with E-state index in [2.05, 4.69) is 60.2 Å². The molecule has 1 atom stereocenters. The molecular weight excluding hydrogens is 980 g/mol. The number of anilines is 5. The molecule has 0 unspecified atom stereocenters. The normalized spacial score (nSPS) is 18.7. The Morgan fingerprint density at radius 2 is 1.68 bits per heavy atom. The number of nitrogens with one attached hydrogen (secondary N) is 3. The van der Waals surface area contributed by atoms with E-state index >= 15 is 0 Å². The zero-order valence-corrected chi connectivity index (χ0v) is 43.8. The van der Waals surface area contributed by atoms with E-state index in [-0.39, 0.29) is 35.4 Å². The number of amides is 3. The molecule has 5 aliphatic heterocycles. The molecule has 3 amide bonds. The van der Waals surface area contributed by atoms with E-state index in [4.69, 9.17) is 14.6 Å². The SMILES string of the molecule is CNC(=O)N1CCc2c(c(N3CCCc4cc(-c5cnn(C)c5)c(C(F)F)cc43)nn2C2CCN(CC(=O)NCCOCCOCCN3CCN(c4cc(N[C@@H]5CCCN(c6cccc(F)c6)C5)ncn4)CC3)CC2)C1. The number of carbonyl (C=O) groups is 2. The van der Waals surface area contributed by atoms with Gasteiger partial charge in [-0.2, -0.15) is 10.2 Å². The van der Waals surface area contributed by atoms with Gasteiger partial charge in [0.2, 0.25) is 5.91 Å². The number of benzene rings is 2. The van der Waals surface area contributed by atoms with Crippen molar-refractivity contribution in [2.24, 2.45) is 7.05 Å². The van der Waals surface area contributed by atoms with Crippen LogP contribution in [0.3, 0.4) is 0 Å². The fourth-order valence-electron chi connectivity index (χ4n) is 11.5. The molecule has 2 aromatic carbocycles. The molecule has 3 saturated heterocycles. The van der Waals surface area contributed by atoms with Gasteiger partial charge < -0.3 is 45.0 Å².